The van der Waals surface area contributed by atoms with E-state index < -0.39 is 16.0 Å². The highest BCUT2D eigenvalue weighted by Crippen LogP contribution is 2.12. The number of hydrogen-bond acceptors (Lipinski definition) is 5. The Morgan fingerprint density at radius 3 is 2.52 bits per heavy atom. The van der Waals surface area contributed by atoms with Crippen LogP contribution in [0.15, 0.2) is 53.9 Å². The molecule has 0 atom stereocenters. The molecule has 0 aliphatic carbocycles. The summed E-state index contributed by atoms with van der Waals surface area (Å²) in [5, 5.41) is 3.70. The molecule has 0 saturated heterocycles. The molecule has 0 heterocycles. The van der Waals surface area contributed by atoms with E-state index in [1.807, 2.05) is 31.2 Å². The highest BCUT2D eigenvalue weighted by molar-refractivity contribution is 7.92. The van der Waals surface area contributed by atoms with Gasteiger partial charge in [0.15, 0.2) is 0 Å². The van der Waals surface area contributed by atoms with Gasteiger partial charge in [0.2, 0.25) is 15.9 Å². The molecule has 0 aromatic heterocycles. The lowest BCUT2D eigenvalue weighted by molar-refractivity contribution is -0.116. The van der Waals surface area contributed by atoms with Crippen LogP contribution in [0.3, 0.4) is 0 Å². The first-order chi connectivity index (χ1) is 13.8. The van der Waals surface area contributed by atoms with E-state index in [9.17, 15) is 18.0 Å². The van der Waals surface area contributed by atoms with Gasteiger partial charge in [-0.3, -0.25) is 4.79 Å². The molecule has 2 aromatic carbocycles. The normalized spacial score (nSPS) is 11.4. The van der Waals surface area contributed by atoms with Crippen molar-refractivity contribution in [3.63, 3.8) is 0 Å². The molecule has 0 unspecified atom stereocenters. The Morgan fingerprint density at radius 2 is 1.83 bits per heavy atom. The number of sulfonamides is 1. The quantitative estimate of drug-likeness (QED) is 0.612. The van der Waals surface area contributed by atoms with Crippen LogP contribution in [-0.4, -0.2) is 33.4 Å². The summed E-state index contributed by atoms with van der Waals surface area (Å²) in [5.74, 6) is -0.854. The second-order valence-corrected chi connectivity index (χ2v) is 7.90. The predicted molar refractivity (Wildman–Crippen MR) is 113 cm³/mol. The van der Waals surface area contributed by atoms with Crippen molar-refractivity contribution in [2.24, 2.45) is 0 Å². The van der Waals surface area contributed by atoms with Crippen molar-refractivity contribution >= 4 is 33.7 Å². The summed E-state index contributed by atoms with van der Waals surface area (Å²) in [6.07, 6.45) is 1.43. The molecule has 8 heteroatoms. The zero-order chi connectivity index (χ0) is 21.3. The van der Waals surface area contributed by atoms with E-state index in [4.69, 9.17) is 4.74 Å². The van der Waals surface area contributed by atoms with Crippen LogP contribution in [0.5, 0.6) is 0 Å². The third-order valence-corrected chi connectivity index (χ3v) is 4.93. The number of rotatable bonds is 9. The van der Waals surface area contributed by atoms with E-state index in [0.717, 1.165) is 16.5 Å². The average Bonchev–Trinajstić information content (AvgIpc) is 2.68. The van der Waals surface area contributed by atoms with Crippen molar-refractivity contribution in [1.82, 2.24) is 4.72 Å². The maximum atomic E-state index is 12.0. The van der Waals surface area contributed by atoms with Gasteiger partial charge in [-0.05, 0) is 43.7 Å². The molecule has 2 N–H and O–H groups in total. The number of nitrogens with one attached hydrogen (secondary N) is 2. The number of carbonyl (C=O) groups excluding carboxylic acids is 2. The Kier molecular flexibility index (Phi) is 8.11. The fourth-order valence-electron chi connectivity index (χ4n) is 2.36. The van der Waals surface area contributed by atoms with Crippen molar-refractivity contribution in [1.29, 1.82) is 0 Å². The number of benzene rings is 2. The number of ether oxygens (including phenoxy) is 1. The summed E-state index contributed by atoms with van der Waals surface area (Å²) in [6.45, 7) is 3.86. The third-order valence-electron chi connectivity index (χ3n) is 3.83. The lowest BCUT2D eigenvalue weighted by Crippen LogP contribution is -2.26. The van der Waals surface area contributed by atoms with E-state index in [0.29, 0.717) is 11.3 Å². The Bertz CT molecular complexity index is 982. The molecule has 154 valence electrons. The molecule has 0 aliphatic heterocycles. The standard InChI is InChI=1S/C21H24N2O5S/c1-3-28-21(25)18-5-4-6-19(15-18)23-20(24)11-13-22-29(26,27)14-12-17-9-7-16(2)8-10-17/h4-10,12,14-15,22H,3,11,13H2,1-2H3,(H,23,24)/b14-12+. The van der Waals surface area contributed by atoms with Gasteiger partial charge in [-0.1, -0.05) is 35.9 Å². The Morgan fingerprint density at radius 1 is 1.10 bits per heavy atom. The largest absolute Gasteiger partial charge is 0.462 e. The minimum absolute atomic E-state index is 0.0516. The predicted octanol–water partition coefficient (Wildman–Crippen LogP) is 3.09. The first kappa shape index (κ1) is 22.3. The fourth-order valence-corrected chi connectivity index (χ4v) is 3.18. The Hall–Kier alpha value is -2.97. The van der Waals surface area contributed by atoms with Crippen molar-refractivity contribution in [2.75, 3.05) is 18.5 Å². The Balaban J connectivity index is 1.84. The summed E-state index contributed by atoms with van der Waals surface area (Å²) < 4.78 is 31.3. The minimum Gasteiger partial charge on any atom is -0.462 e. The van der Waals surface area contributed by atoms with Crippen molar-refractivity contribution < 1.29 is 22.7 Å². The van der Waals surface area contributed by atoms with Gasteiger partial charge < -0.3 is 10.1 Å². The lowest BCUT2D eigenvalue weighted by atomic mass is 10.2. The van der Waals surface area contributed by atoms with Crippen molar-refractivity contribution in [2.45, 2.75) is 20.3 Å². The summed E-state index contributed by atoms with van der Waals surface area (Å²) in [7, 11) is -3.65. The van der Waals surface area contributed by atoms with Crippen LogP contribution in [0.25, 0.3) is 6.08 Å². The topological polar surface area (TPSA) is 102 Å². The van der Waals surface area contributed by atoms with Gasteiger partial charge >= 0.3 is 5.97 Å². The SMILES string of the molecule is CCOC(=O)c1cccc(NC(=O)CCNS(=O)(=O)/C=C/c2ccc(C)cc2)c1. The van der Waals surface area contributed by atoms with E-state index >= 15 is 0 Å². The summed E-state index contributed by atoms with van der Waals surface area (Å²) >= 11 is 0. The van der Waals surface area contributed by atoms with Gasteiger partial charge in [-0.2, -0.15) is 0 Å². The zero-order valence-electron chi connectivity index (χ0n) is 16.3. The molecule has 0 spiro atoms. The van der Waals surface area contributed by atoms with E-state index in [1.165, 1.54) is 12.1 Å². The summed E-state index contributed by atoms with van der Waals surface area (Å²) in [6, 6.07) is 13.8. The van der Waals surface area contributed by atoms with Gasteiger partial charge in [0.1, 0.15) is 0 Å². The van der Waals surface area contributed by atoms with Crippen LogP contribution in [-0.2, 0) is 19.6 Å². The van der Waals surface area contributed by atoms with E-state index in [-0.39, 0.29) is 25.5 Å². The van der Waals surface area contributed by atoms with Crippen molar-refractivity contribution in [3.05, 3.63) is 70.6 Å². The van der Waals surface area contributed by atoms with Crippen LogP contribution >= 0.6 is 0 Å². The fraction of sp³-hybridized carbons (Fsp3) is 0.238. The van der Waals surface area contributed by atoms with E-state index in [1.54, 1.807) is 25.1 Å². The smallest absolute Gasteiger partial charge is 0.338 e. The summed E-state index contributed by atoms with van der Waals surface area (Å²) in [4.78, 5) is 23.8. The second kappa shape index (κ2) is 10.5. The van der Waals surface area contributed by atoms with Crippen LogP contribution in [0.1, 0.15) is 34.8 Å². The lowest BCUT2D eigenvalue weighted by Gasteiger charge is -2.08. The molecule has 29 heavy (non-hydrogen) atoms. The first-order valence-corrected chi connectivity index (χ1v) is 10.6. The first-order valence-electron chi connectivity index (χ1n) is 9.10. The molecule has 0 fully saturated rings. The zero-order valence-corrected chi connectivity index (χ0v) is 17.2. The molecular formula is C21H24N2O5S. The number of hydrogen-bond donors (Lipinski definition) is 2. The van der Waals surface area contributed by atoms with Crippen LogP contribution in [0.4, 0.5) is 5.69 Å². The number of anilines is 1. The number of esters is 1. The van der Waals surface area contributed by atoms with Gasteiger partial charge in [-0.15, -0.1) is 0 Å². The van der Waals surface area contributed by atoms with Gasteiger partial charge in [-0.25, -0.2) is 17.9 Å². The van der Waals surface area contributed by atoms with Crippen LogP contribution in [0.2, 0.25) is 0 Å². The maximum absolute atomic E-state index is 12.0. The Labute approximate surface area is 170 Å². The number of amides is 1. The van der Waals surface area contributed by atoms with Crippen molar-refractivity contribution in [3.8, 4) is 0 Å². The van der Waals surface area contributed by atoms with Crippen LogP contribution < -0.4 is 10.0 Å². The average molecular weight is 416 g/mol. The van der Waals surface area contributed by atoms with Gasteiger partial charge in [0.05, 0.1) is 12.2 Å². The molecule has 0 aliphatic rings. The molecule has 0 radical (unpaired) electrons. The summed E-state index contributed by atoms with van der Waals surface area (Å²) in [5.41, 5.74) is 2.61. The van der Waals surface area contributed by atoms with E-state index in [2.05, 4.69) is 10.0 Å². The highest BCUT2D eigenvalue weighted by Gasteiger charge is 2.10. The van der Waals surface area contributed by atoms with Crippen LogP contribution in [0, 0.1) is 6.92 Å². The highest BCUT2D eigenvalue weighted by atomic mass is 32.2. The number of aryl methyl sites for hydroxylation is 1. The number of carbonyl (C=O) groups is 2. The molecule has 1 amide bonds. The molecule has 7 nitrogen and oxygen atoms in total. The maximum Gasteiger partial charge on any atom is 0.338 e. The second-order valence-electron chi connectivity index (χ2n) is 6.25. The molecular weight excluding hydrogens is 392 g/mol. The molecule has 0 bridgehead atoms. The molecule has 0 saturated carbocycles. The molecule has 2 aromatic rings. The van der Waals surface area contributed by atoms with Gasteiger partial charge in [0.25, 0.3) is 0 Å². The third kappa shape index (κ3) is 7.89. The van der Waals surface area contributed by atoms with Gasteiger partial charge in [0, 0.05) is 24.1 Å². The monoisotopic (exact) mass is 416 g/mol. The molecule has 2 rings (SSSR count). The minimum atomic E-state index is -3.65.